The zero-order chi connectivity index (χ0) is 14.4. The second-order valence-corrected chi connectivity index (χ2v) is 4.16. The van der Waals surface area contributed by atoms with Gasteiger partial charge in [-0.2, -0.15) is 0 Å². The van der Waals surface area contributed by atoms with Gasteiger partial charge in [-0.1, -0.05) is 0 Å². The van der Waals surface area contributed by atoms with Crippen molar-refractivity contribution in [2.45, 2.75) is 39.2 Å². The summed E-state index contributed by atoms with van der Waals surface area (Å²) in [4.78, 5) is 15.4. The number of hydrogen-bond donors (Lipinski definition) is 3. The Bertz CT molecular complexity index is 418. The Balaban J connectivity index is 2.93. The van der Waals surface area contributed by atoms with E-state index < -0.39 is 12.2 Å². The molecular weight excluding hydrogens is 252 g/mol. The van der Waals surface area contributed by atoms with E-state index in [4.69, 9.17) is 9.84 Å². The molecule has 0 spiro atoms. The molecule has 0 radical (unpaired) electrons. The fourth-order valence-electron chi connectivity index (χ4n) is 1.63. The Morgan fingerprint density at radius 2 is 2.21 bits per heavy atom. The molecule has 0 aliphatic carbocycles. The number of aliphatic hydroxyl groups is 3. The van der Waals surface area contributed by atoms with Crippen LogP contribution >= 0.6 is 0 Å². The van der Waals surface area contributed by atoms with Crippen LogP contribution in [0.15, 0.2) is 6.20 Å². The van der Waals surface area contributed by atoms with E-state index in [9.17, 15) is 15.0 Å². The van der Waals surface area contributed by atoms with Crippen LogP contribution in [0.3, 0.4) is 0 Å². The number of rotatable bonds is 8. The molecule has 0 aromatic carbocycles. The van der Waals surface area contributed by atoms with Crippen molar-refractivity contribution in [3.05, 3.63) is 17.7 Å². The van der Waals surface area contributed by atoms with Crippen molar-refractivity contribution in [3.63, 3.8) is 0 Å². The van der Waals surface area contributed by atoms with Crippen molar-refractivity contribution >= 4 is 5.78 Å². The first-order valence-corrected chi connectivity index (χ1v) is 6.14. The van der Waals surface area contributed by atoms with Gasteiger partial charge in [0.1, 0.15) is 12.8 Å². The van der Waals surface area contributed by atoms with Gasteiger partial charge in [0.2, 0.25) is 0 Å². The summed E-state index contributed by atoms with van der Waals surface area (Å²) in [6, 6.07) is 0. The van der Waals surface area contributed by atoms with Crippen LogP contribution in [0.25, 0.3) is 0 Å². The van der Waals surface area contributed by atoms with Gasteiger partial charge >= 0.3 is 0 Å². The molecule has 0 saturated carbocycles. The molecule has 7 nitrogen and oxygen atoms in total. The molecular formula is C12H20N2O5. The van der Waals surface area contributed by atoms with Crippen LogP contribution < -0.4 is 0 Å². The second kappa shape index (κ2) is 7.34. The predicted molar refractivity (Wildman–Crippen MR) is 66.5 cm³/mol. The summed E-state index contributed by atoms with van der Waals surface area (Å²) in [5.41, 5.74) is 0.186. The molecule has 2 atom stereocenters. The molecule has 1 aromatic heterocycles. The SMILES string of the molecule is CCOCn1cc([C@@H](O)[C@@H](O)CCO)nc1C(C)=O. The largest absolute Gasteiger partial charge is 0.396 e. The molecule has 1 heterocycles. The highest BCUT2D eigenvalue weighted by Crippen LogP contribution is 2.19. The summed E-state index contributed by atoms with van der Waals surface area (Å²) in [5, 5.41) is 28.2. The van der Waals surface area contributed by atoms with E-state index in [0.717, 1.165) is 0 Å². The zero-order valence-electron chi connectivity index (χ0n) is 11.1. The van der Waals surface area contributed by atoms with Crippen LogP contribution in [0.2, 0.25) is 0 Å². The van der Waals surface area contributed by atoms with Gasteiger partial charge in [0.15, 0.2) is 11.6 Å². The lowest BCUT2D eigenvalue weighted by molar-refractivity contribution is 0.00189. The van der Waals surface area contributed by atoms with Crippen molar-refractivity contribution in [1.29, 1.82) is 0 Å². The van der Waals surface area contributed by atoms with Crippen molar-refractivity contribution in [3.8, 4) is 0 Å². The van der Waals surface area contributed by atoms with E-state index in [2.05, 4.69) is 4.98 Å². The number of ether oxygens (including phenoxy) is 1. The predicted octanol–water partition coefficient (Wildman–Crippen LogP) is -0.144. The summed E-state index contributed by atoms with van der Waals surface area (Å²) in [7, 11) is 0. The maximum Gasteiger partial charge on any atom is 0.195 e. The van der Waals surface area contributed by atoms with Crippen LogP contribution in [0.5, 0.6) is 0 Å². The average Bonchev–Trinajstić information content (AvgIpc) is 2.79. The molecule has 1 rings (SSSR count). The lowest BCUT2D eigenvalue weighted by atomic mass is 10.1. The molecule has 3 N–H and O–H groups in total. The van der Waals surface area contributed by atoms with Gasteiger partial charge in [-0.3, -0.25) is 4.79 Å². The normalized spacial score (nSPS) is 14.4. The van der Waals surface area contributed by atoms with E-state index in [1.807, 2.05) is 6.92 Å². The Kier molecular flexibility index (Phi) is 6.10. The van der Waals surface area contributed by atoms with Gasteiger partial charge < -0.3 is 24.6 Å². The van der Waals surface area contributed by atoms with Crippen molar-refractivity contribution < 1.29 is 24.9 Å². The smallest absolute Gasteiger partial charge is 0.195 e. The molecule has 0 bridgehead atoms. The first-order chi connectivity index (χ1) is 9.01. The first-order valence-electron chi connectivity index (χ1n) is 6.14. The summed E-state index contributed by atoms with van der Waals surface area (Å²) in [6.45, 7) is 3.59. The molecule has 0 saturated heterocycles. The summed E-state index contributed by atoms with van der Waals surface area (Å²) < 4.78 is 6.68. The van der Waals surface area contributed by atoms with Crippen molar-refractivity contribution in [2.75, 3.05) is 13.2 Å². The number of aromatic nitrogens is 2. The van der Waals surface area contributed by atoms with E-state index in [1.165, 1.54) is 17.7 Å². The van der Waals surface area contributed by atoms with Crippen molar-refractivity contribution in [2.24, 2.45) is 0 Å². The number of carbonyl (C=O) groups excluding carboxylic acids is 1. The van der Waals surface area contributed by atoms with Crippen LogP contribution in [0, 0.1) is 0 Å². The molecule has 0 amide bonds. The Labute approximate surface area is 111 Å². The number of Topliss-reactive ketones (excluding diaryl/α,β-unsaturated/α-hetero) is 1. The van der Waals surface area contributed by atoms with Gasteiger partial charge in [0.25, 0.3) is 0 Å². The van der Waals surface area contributed by atoms with Gasteiger partial charge in [-0.25, -0.2) is 4.98 Å². The van der Waals surface area contributed by atoms with Crippen LogP contribution in [0.1, 0.15) is 42.7 Å². The van der Waals surface area contributed by atoms with E-state index in [1.54, 1.807) is 0 Å². The topological polar surface area (TPSA) is 105 Å². The summed E-state index contributed by atoms with van der Waals surface area (Å²) in [5.74, 6) is -0.0894. The monoisotopic (exact) mass is 272 g/mol. The molecule has 108 valence electrons. The van der Waals surface area contributed by atoms with E-state index in [0.29, 0.717) is 6.61 Å². The quantitative estimate of drug-likeness (QED) is 0.569. The minimum atomic E-state index is -1.24. The number of hydrogen-bond acceptors (Lipinski definition) is 6. The standard InChI is InChI=1S/C12H20N2O5/c1-3-19-7-14-6-9(13-12(14)8(2)16)11(18)10(17)4-5-15/h6,10-11,15,17-18H,3-5,7H2,1-2H3/t10-,11+/m0/s1. The third kappa shape index (κ3) is 4.10. The maximum atomic E-state index is 11.4. The molecule has 0 aliphatic rings. The lowest BCUT2D eigenvalue weighted by Crippen LogP contribution is -2.19. The van der Waals surface area contributed by atoms with Crippen LogP contribution in [-0.4, -0.2) is 50.0 Å². The molecule has 19 heavy (non-hydrogen) atoms. The molecule has 0 unspecified atom stereocenters. The highest BCUT2D eigenvalue weighted by atomic mass is 16.5. The fourth-order valence-corrected chi connectivity index (χ4v) is 1.63. The fraction of sp³-hybridized carbons (Fsp3) is 0.667. The lowest BCUT2D eigenvalue weighted by Gasteiger charge is -2.14. The minimum absolute atomic E-state index is 0.0366. The maximum absolute atomic E-state index is 11.4. The van der Waals surface area contributed by atoms with Gasteiger partial charge in [0.05, 0.1) is 11.8 Å². The van der Waals surface area contributed by atoms with Crippen molar-refractivity contribution in [1.82, 2.24) is 9.55 Å². The summed E-state index contributed by atoms with van der Waals surface area (Å²) in [6.07, 6.45) is -0.861. The Morgan fingerprint density at radius 1 is 1.53 bits per heavy atom. The zero-order valence-corrected chi connectivity index (χ0v) is 11.1. The highest BCUT2D eigenvalue weighted by molar-refractivity contribution is 5.90. The van der Waals surface area contributed by atoms with Gasteiger partial charge in [-0.15, -0.1) is 0 Å². The third-order valence-electron chi connectivity index (χ3n) is 2.64. The van der Waals surface area contributed by atoms with Gasteiger partial charge in [-0.05, 0) is 13.3 Å². The van der Waals surface area contributed by atoms with E-state index >= 15 is 0 Å². The average molecular weight is 272 g/mol. The van der Waals surface area contributed by atoms with Crippen LogP contribution in [0.4, 0.5) is 0 Å². The van der Waals surface area contributed by atoms with Gasteiger partial charge in [0, 0.05) is 26.3 Å². The number of imidazole rings is 1. The number of nitrogens with zero attached hydrogens (tertiary/aromatic N) is 2. The van der Waals surface area contributed by atoms with Crippen LogP contribution in [-0.2, 0) is 11.5 Å². The summed E-state index contributed by atoms with van der Waals surface area (Å²) >= 11 is 0. The number of carbonyl (C=O) groups is 1. The molecule has 7 heteroatoms. The Morgan fingerprint density at radius 3 is 2.74 bits per heavy atom. The highest BCUT2D eigenvalue weighted by Gasteiger charge is 2.23. The third-order valence-corrected chi connectivity index (χ3v) is 2.64. The minimum Gasteiger partial charge on any atom is -0.396 e. The second-order valence-electron chi connectivity index (χ2n) is 4.16. The number of ketones is 1. The van der Waals surface area contributed by atoms with E-state index in [-0.39, 0.29) is 37.1 Å². The molecule has 1 aromatic rings. The Hall–Kier alpha value is -1.28. The first kappa shape index (κ1) is 15.8. The molecule has 0 aliphatic heterocycles. The number of aliphatic hydroxyl groups excluding tert-OH is 3. The molecule has 0 fully saturated rings.